The van der Waals surface area contributed by atoms with Crippen LogP contribution < -0.4 is 5.32 Å². The van der Waals surface area contributed by atoms with Gasteiger partial charge in [-0.2, -0.15) is 0 Å². The van der Waals surface area contributed by atoms with E-state index in [4.69, 9.17) is 9.47 Å². The van der Waals surface area contributed by atoms with Crippen LogP contribution in [0.5, 0.6) is 0 Å². The molecule has 3 aromatic rings. The van der Waals surface area contributed by atoms with Crippen LogP contribution in [0.4, 0.5) is 10.5 Å². The summed E-state index contributed by atoms with van der Waals surface area (Å²) >= 11 is 0. The third-order valence-corrected chi connectivity index (χ3v) is 5.90. The third kappa shape index (κ3) is 5.45. The highest BCUT2D eigenvalue weighted by Gasteiger charge is 2.31. The van der Waals surface area contributed by atoms with Crippen molar-refractivity contribution in [2.24, 2.45) is 0 Å². The van der Waals surface area contributed by atoms with Gasteiger partial charge in [0.1, 0.15) is 5.60 Å². The number of carbonyl (C=O) groups excluding carboxylic acids is 2. The molecule has 1 N–H and O–H groups in total. The quantitative estimate of drug-likeness (QED) is 0.508. The van der Waals surface area contributed by atoms with Crippen LogP contribution in [0.25, 0.3) is 10.9 Å². The molecule has 33 heavy (non-hydrogen) atoms. The zero-order valence-electron chi connectivity index (χ0n) is 20.0. The Bertz CT molecular complexity index is 1170. The fourth-order valence-corrected chi connectivity index (χ4v) is 4.14. The monoisotopic (exact) mass is 448 g/mol. The Labute approximate surface area is 194 Å². The minimum absolute atomic E-state index is 0.198. The summed E-state index contributed by atoms with van der Waals surface area (Å²) in [5.41, 5.74) is 4.29. The SMILES string of the molecule is CC(=O)Nc1cn(C(=O)OC(C)(C)C)c2ccc(COC3CC(c4ccc(C)cc4)C3)cc12. The molecule has 4 rings (SSSR count). The summed E-state index contributed by atoms with van der Waals surface area (Å²) in [5, 5.41) is 3.60. The van der Waals surface area contributed by atoms with E-state index in [-0.39, 0.29) is 12.0 Å². The number of anilines is 1. The summed E-state index contributed by atoms with van der Waals surface area (Å²) < 4.78 is 13.1. The highest BCUT2D eigenvalue weighted by Crippen LogP contribution is 2.39. The molecular formula is C27H32N2O4. The van der Waals surface area contributed by atoms with E-state index in [2.05, 4.69) is 36.5 Å². The maximum atomic E-state index is 12.7. The van der Waals surface area contributed by atoms with E-state index in [0.717, 1.165) is 23.8 Å². The molecule has 1 aromatic heterocycles. The molecule has 174 valence electrons. The lowest BCUT2D eigenvalue weighted by Gasteiger charge is -2.35. The maximum absolute atomic E-state index is 12.7. The number of nitrogens with zero attached hydrogens (tertiary/aromatic N) is 1. The van der Waals surface area contributed by atoms with Crippen LogP contribution in [0.1, 0.15) is 63.1 Å². The van der Waals surface area contributed by atoms with E-state index in [1.54, 1.807) is 6.20 Å². The van der Waals surface area contributed by atoms with Gasteiger partial charge in [-0.15, -0.1) is 0 Å². The van der Waals surface area contributed by atoms with Crippen molar-refractivity contribution in [3.8, 4) is 0 Å². The average Bonchev–Trinajstić information content (AvgIpc) is 3.04. The number of carbonyl (C=O) groups is 2. The highest BCUT2D eigenvalue weighted by atomic mass is 16.6. The number of hydrogen-bond donors (Lipinski definition) is 1. The second-order valence-corrected chi connectivity index (χ2v) is 9.94. The van der Waals surface area contributed by atoms with E-state index in [0.29, 0.717) is 23.7 Å². The second-order valence-electron chi connectivity index (χ2n) is 9.94. The lowest BCUT2D eigenvalue weighted by Crippen LogP contribution is -2.29. The predicted molar refractivity (Wildman–Crippen MR) is 130 cm³/mol. The Balaban J connectivity index is 1.46. The second kappa shape index (κ2) is 9.02. The van der Waals surface area contributed by atoms with Crippen molar-refractivity contribution in [2.75, 3.05) is 5.32 Å². The van der Waals surface area contributed by atoms with Crippen LogP contribution in [0.2, 0.25) is 0 Å². The van der Waals surface area contributed by atoms with Gasteiger partial charge in [0, 0.05) is 18.5 Å². The molecule has 1 aliphatic carbocycles. The first-order valence-electron chi connectivity index (χ1n) is 11.4. The summed E-state index contributed by atoms with van der Waals surface area (Å²) in [6, 6.07) is 14.5. The van der Waals surface area contributed by atoms with E-state index in [9.17, 15) is 9.59 Å². The van der Waals surface area contributed by atoms with Gasteiger partial charge in [0.25, 0.3) is 0 Å². The van der Waals surface area contributed by atoms with Crippen molar-refractivity contribution in [3.63, 3.8) is 0 Å². The molecule has 1 saturated carbocycles. The Morgan fingerprint density at radius 2 is 1.79 bits per heavy atom. The van der Waals surface area contributed by atoms with Gasteiger partial charge in [0.05, 0.1) is 23.9 Å². The van der Waals surface area contributed by atoms with Crippen LogP contribution in [-0.2, 0) is 20.9 Å². The van der Waals surface area contributed by atoms with Gasteiger partial charge < -0.3 is 14.8 Å². The molecule has 0 bridgehead atoms. The Morgan fingerprint density at radius 3 is 2.42 bits per heavy atom. The molecule has 1 fully saturated rings. The summed E-state index contributed by atoms with van der Waals surface area (Å²) in [6.45, 7) is 9.51. The molecule has 0 atom stereocenters. The largest absolute Gasteiger partial charge is 0.443 e. The van der Waals surface area contributed by atoms with Crippen LogP contribution in [0.3, 0.4) is 0 Å². The first-order valence-corrected chi connectivity index (χ1v) is 11.4. The number of hydrogen-bond acceptors (Lipinski definition) is 4. The van der Waals surface area contributed by atoms with Gasteiger partial charge in [0.2, 0.25) is 5.91 Å². The maximum Gasteiger partial charge on any atom is 0.419 e. The molecule has 6 nitrogen and oxygen atoms in total. The zero-order valence-corrected chi connectivity index (χ0v) is 20.0. The normalized spacial score (nSPS) is 18.1. The average molecular weight is 449 g/mol. The van der Waals surface area contributed by atoms with Crippen LogP contribution in [-0.4, -0.2) is 28.3 Å². The van der Waals surface area contributed by atoms with Gasteiger partial charge in [-0.25, -0.2) is 4.79 Å². The molecule has 0 spiro atoms. The molecule has 0 unspecified atom stereocenters. The minimum Gasteiger partial charge on any atom is -0.443 e. The summed E-state index contributed by atoms with van der Waals surface area (Å²) in [6.07, 6.45) is 3.43. The molecule has 1 aliphatic rings. The summed E-state index contributed by atoms with van der Waals surface area (Å²) in [5.74, 6) is 0.365. The molecule has 0 aliphatic heterocycles. The number of aryl methyl sites for hydroxylation is 1. The zero-order chi connectivity index (χ0) is 23.8. The van der Waals surface area contributed by atoms with Gasteiger partial charge in [0.15, 0.2) is 0 Å². The summed E-state index contributed by atoms with van der Waals surface area (Å²) in [4.78, 5) is 24.4. The van der Waals surface area contributed by atoms with Crippen molar-refractivity contribution in [1.82, 2.24) is 4.57 Å². The third-order valence-electron chi connectivity index (χ3n) is 5.90. The number of aromatic nitrogens is 1. The number of amides is 1. The minimum atomic E-state index is -0.616. The van der Waals surface area contributed by atoms with Crippen molar-refractivity contribution in [3.05, 3.63) is 65.4 Å². The van der Waals surface area contributed by atoms with Crippen LogP contribution >= 0.6 is 0 Å². The molecule has 0 radical (unpaired) electrons. The number of nitrogens with one attached hydrogen (secondary N) is 1. The number of rotatable bonds is 5. The van der Waals surface area contributed by atoms with Crippen molar-refractivity contribution >= 4 is 28.6 Å². The molecule has 1 heterocycles. The standard InChI is InChI=1S/C27H32N2O4/c1-17-6-9-20(10-7-17)21-13-22(14-21)32-16-19-8-11-25-23(12-19)24(28-18(2)30)15-29(25)26(31)33-27(3,4)5/h6-12,15,21-22H,13-14,16H2,1-5H3,(H,28,30). The van der Waals surface area contributed by atoms with E-state index in [1.807, 2.05) is 39.0 Å². The number of ether oxygens (including phenoxy) is 2. The molecule has 6 heteroatoms. The van der Waals surface area contributed by atoms with Crippen molar-refractivity contribution < 1.29 is 19.1 Å². The fourth-order valence-electron chi connectivity index (χ4n) is 4.14. The highest BCUT2D eigenvalue weighted by molar-refractivity contribution is 6.04. The van der Waals surface area contributed by atoms with Crippen molar-refractivity contribution in [2.45, 2.75) is 71.7 Å². The smallest absolute Gasteiger partial charge is 0.419 e. The summed E-state index contributed by atoms with van der Waals surface area (Å²) in [7, 11) is 0. The Hall–Kier alpha value is -3.12. The van der Waals surface area contributed by atoms with Gasteiger partial charge in [-0.1, -0.05) is 35.9 Å². The van der Waals surface area contributed by atoms with Crippen molar-refractivity contribution in [1.29, 1.82) is 0 Å². The molecule has 1 amide bonds. The predicted octanol–water partition coefficient (Wildman–Crippen LogP) is 6.15. The van der Waals surface area contributed by atoms with E-state index >= 15 is 0 Å². The molecule has 0 saturated heterocycles. The van der Waals surface area contributed by atoms with Gasteiger partial charge in [-0.3, -0.25) is 9.36 Å². The Morgan fingerprint density at radius 1 is 1.09 bits per heavy atom. The molecule has 2 aromatic carbocycles. The van der Waals surface area contributed by atoms with E-state index in [1.165, 1.54) is 22.6 Å². The topological polar surface area (TPSA) is 69.6 Å². The van der Waals surface area contributed by atoms with E-state index < -0.39 is 11.7 Å². The van der Waals surface area contributed by atoms with Crippen LogP contribution in [0.15, 0.2) is 48.7 Å². The number of benzene rings is 2. The van der Waals surface area contributed by atoms with Gasteiger partial charge >= 0.3 is 6.09 Å². The Kier molecular flexibility index (Phi) is 6.30. The number of fused-ring (bicyclic) bond motifs is 1. The lowest BCUT2D eigenvalue weighted by molar-refractivity contribution is -0.114. The first-order chi connectivity index (χ1) is 15.6. The fraction of sp³-hybridized carbons (Fsp3) is 0.407. The van der Waals surface area contributed by atoms with Gasteiger partial charge in [-0.05, 0) is 69.7 Å². The lowest BCUT2D eigenvalue weighted by atomic mass is 9.77. The first kappa shape index (κ1) is 23.1. The van der Waals surface area contributed by atoms with Crippen LogP contribution in [0, 0.1) is 6.92 Å². The molecular weight excluding hydrogens is 416 g/mol.